The number of hydrogen-bond acceptors (Lipinski definition) is 5. The van der Waals surface area contributed by atoms with Gasteiger partial charge in [-0.25, -0.2) is 0 Å². The Labute approximate surface area is 123 Å². The molecule has 0 aliphatic heterocycles. The minimum Gasteiger partial charge on any atom is -0.382 e. The van der Waals surface area contributed by atoms with Crippen LogP contribution in [0.3, 0.4) is 0 Å². The van der Waals surface area contributed by atoms with Gasteiger partial charge >= 0.3 is 6.18 Å². The third-order valence-corrected chi connectivity index (χ3v) is 2.90. The molecule has 0 aliphatic carbocycles. The van der Waals surface area contributed by atoms with Crippen LogP contribution in [0.25, 0.3) is 5.69 Å². The first kappa shape index (κ1) is 15.9. The predicted molar refractivity (Wildman–Crippen MR) is 68.2 cm³/mol. The van der Waals surface area contributed by atoms with E-state index in [1.54, 1.807) is 18.2 Å². The standard InChI is InChI=1S/C12H12F3N5O2/c1-19(6-10(21)12(13,14)15)11(22)8-4-2-3-5-9(8)20-7-16-17-18-20/h2-5,7,10,21H,6H2,1H3. The third kappa shape index (κ3) is 3.39. The minimum atomic E-state index is -4.79. The van der Waals surface area contributed by atoms with Gasteiger partial charge < -0.3 is 10.0 Å². The second-order valence-corrected chi connectivity index (χ2v) is 4.51. The fourth-order valence-electron chi connectivity index (χ4n) is 1.78. The van der Waals surface area contributed by atoms with Gasteiger partial charge in [-0.1, -0.05) is 12.1 Å². The molecule has 2 aromatic rings. The van der Waals surface area contributed by atoms with Gasteiger partial charge in [-0.2, -0.15) is 17.9 Å². The molecule has 1 amide bonds. The molecule has 2 rings (SSSR count). The van der Waals surface area contributed by atoms with Crippen LogP contribution in [0.1, 0.15) is 10.4 Å². The largest absolute Gasteiger partial charge is 0.416 e. The highest BCUT2D eigenvalue weighted by molar-refractivity contribution is 5.97. The molecule has 0 radical (unpaired) electrons. The average molecular weight is 315 g/mol. The van der Waals surface area contributed by atoms with Gasteiger partial charge in [0, 0.05) is 7.05 Å². The van der Waals surface area contributed by atoms with Crippen LogP contribution in [-0.2, 0) is 0 Å². The minimum absolute atomic E-state index is 0.117. The molecule has 7 nitrogen and oxygen atoms in total. The Morgan fingerprint density at radius 2 is 2.09 bits per heavy atom. The van der Waals surface area contributed by atoms with Crippen molar-refractivity contribution in [2.45, 2.75) is 12.3 Å². The third-order valence-electron chi connectivity index (χ3n) is 2.90. The number of aliphatic hydroxyl groups is 1. The molecule has 1 aromatic heterocycles. The molecule has 1 aromatic carbocycles. The summed E-state index contributed by atoms with van der Waals surface area (Å²) >= 11 is 0. The second kappa shape index (κ2) is 6.10. The van der Waals surface area contributed by atoms with Crippen LogP contribution in [-0.4, -0.2) is 62.0 Å². The van der Waals surface area contributed by atoms with E-state index in [2.05, 4.69) is 15.5 Å². The van der Waals surface area contributed by atoms with E-state index in [-0.39, 0.29) is 5.56 Å². The number of alkyl halides is 3. The monoisotopic (exact) mass is 315 g/mol. The van der Waals surface area contributed by atoms with E-state index >= 15 is 0 Å². The highest BCUT2D eigenvalue weighted by atomic mass is 19.4. The molecule has 1 atom stereocenters. The van der Waals surface area contributed by atoms with Crippen LogP contribution >= 0.6 is 0 Å². The molecule has 1 unspecified atom stereocenters. The van der Waals surface area contributed by atoms with Crippen molar-refractivity contribution < 1.29 is 23.1 Å². The zero-order valence-corrected chi connectivity index (χ0v) is 11.4. The number of rotatable bonds is 4. The van der Waals surface area contributed by atoms with E-state index in [0.717, 1.165) is 4.90 Å². The Balaban J connectivity index is 2.23. The average Bonchev–Trinajstić information content (AvgIpc) is 2.99. The number of para-hydroxylation sites is 1. The second-order valence-electron chi connectivity index (χ2n) is 4.51. The van der Waals surface area contributed by atoms with Crippen molar-refractivity contribution in [3.05, 3.63) is 36.2 Å². The van der Waals surface area contributed by atoms with Gasteiger partial charge in [-0.3, -0.25) is 4.79 Å². The Hall–Kier alpha value is -2.49. The number of amides is 1. The summed E-state index contributed by atoms with van der Waals surface area (Å²) in [5.41, 5.74) is 0.442. The van der Waals surface area contributed by atoms with Gasteiger partial charge in [-0.05, 0) is 22.6 Å². The summed E-state index contributed by atoms with van der Waals surface area (Å²) in [5.74, 6) is -0.686. The first-order valence-electron chi connectivity index (χ1n) is 6.13. The van der Waals surface area contributed by atoms with Crippen LogP contribution in [0.15, 0.2) is 30.6 Å². The molecule has 10 heteroatoms. The zero-order chi connectivity index (χ0) is 16.3. The lowest BCUT2D eigenvalue weighted by Gasteiger charge is -2.23. The maximum atomic E-state index is 12.4. The summed E-state index contributed by atoms with van der Waals surface area (Å²) in [6, 6.07) is 6.20. The lowest BCUT2D eigenvalue weighted by molar-refractivity contribution is -0.205. The van der Waals surface area contributed by atoms with Crippen LogP contribution in [0, 0.1) is 0 Å². The summed E-state index contributed by atoms with van der Waals surface area (Å²) in [5, 5.41) is 19.6. The van der Waals surface area contributed by atoms with Gasteiger partial charge in [-0.15, -0.1) is 5.10 Å². The first-order chi connectivity index (χ1) is 10.3. The van der Waals surface area contributed by atoms with E-state index in [1.807, 2.05) is 0 Å². The number of tetrazole rings is 1. The number of carbonyl (C=O) groups excluding carboxylic acids is 1. The van der Waals surface area contributed by atoms with E-state index in [4.69, 9.17) is 5.11 Å². The first-order valence-corrected chi connectivity index (χ1v) is 6.13. The van der Waals surface area contributed by atoms with E-state index < -0.39 is 24.7 Å². The van der Waals surface area contributed by atoms with Crippen molar-refractivity contribution in [1.82, 2.24) is 25.1 Å². The number of hydrogen-bond donors (Lipinski definition) is 1. The maximum absolute atomic E-state index is 12.4. The van der Waals surface area contributed by atoms with Crippen molar-refractivity contribution in [2.24, 2.45) is 0 Å². The normalized spacial score (nSPS) is 13.0. The summed E-state index contributed by atoms with van der Waals surface area (Å²) < 4.78 is 38.3. The number of likely N-dealkylation sites (N-methyl/N-ethyl adjacent to an activating group) is 1. The number of nitrogens with zero attached hydrogens (tertiary/aromatic N) is 5. The Bertz CT molecular complexity index is 644. The molecular formula is C12H12F3N5O2. The highest BCUT2D eigenvalue weighted by Crippen LogP contribution is 2.21. The Morgan fingerprint density at radius 1 is 1.41 bits per heavy atom. The van der Waals surface area contributed by atoms with Crippen LogP contribution in [0.2, 0.25) is 0 Å². The molecule has 22 heavy (non-hydrogen) atoms. The van der Waals surface area contributed by atoms with Crippen LogP contribution < -0.4 is 0 Å². The predicted octanol–water partition coefficient (Wildman–Crippen LogP) is 0.657. The highest BCUT2D eigenvalue weighted by Gasteiger charge is 2.39. The zero-order valence-electron chi connectivity index (χ0n) is 11.4. The quantitative estimate of drug-likeness (QED) is 0.896. The fourth-order valence-corrected chi connectivity index (χ4v) is 1.78. The lowest BCUT2D eigenvalue weighted by atomic mass is 10.1. The Kier molecular flexibility index (Phi) is 4.40. The van der Waals surface area contributed by atoms with Gasteiger partial charge in [0.2, 0.25) is 0 Å². The molecule has 0 saturated carbocycles. The summed E-state index contributed by atoms with van der Waals surface area (Å²) in [6.07, 6.45) is -6.14. The number of carbonyl (C=O) groups is 1. The number of halogens is 3. The van der Waals surface area contributed by atoms with Crippen molar-refractivity contribution in [3.8, 4) is 5.69 Å². The summed E-state index contributed by atoms with van der Waals surface area (Å²) in [6.45, 7) is -0.869. The SMILES string of the molecule is CN(CC(O)C(F)(F)F)C(=O)c1ccccc1-n1cnnn1. The van der Waals surface area contributed by atoms with E-state index in [9.17, 15) is 18.0 Å². The molecule has 0 spiro atoms. The lowest BCUT2D eigenvalue weighted by Crippen LogP contribution is -2.42. The van der Waals surface area contributed by atoms with Crippen molar-refractivity contribution in [1.29, 1.82) is 0 Å². The van der Waals surface area contributed by atoms with Crippen LogP contribution in [0.5, 0.6) is 0 Å². The molecule has 1 N–H and O–H groups in total. The molecular weight excluding hydrogens is 303 g/mol. The summed E-state index contributed by atoms with van der Waals surface area (Å²) in [7, 11) is 1.17. The summed E-state index contributed by atoms with van der Waals surface area (Å²) in [4.78, 5) is 13.1. The maximum Gasteiger partial charge on any atom is 0.416 e. The number of benzene rings is 1. The van der Waals surface area contributed by atoms with Crippen molar-refractivity contribution in [3.63, 3.8) is 0 Å². The molecule has 0 aliphatic rings. The van der Waals surface area contributed by atoms with Gasteiger partial charge in [0.15, 0.2) is 6.10 Å². The molecule has 1 heterocycles. The fraction of sp³-hybridized carbons (Fsp3) is 0.333. The van der Waals surface area contributed by atoms with E-state index in [0.29, 0.717) is 5.69 Å². The number of aromatic nitrogens is 4. The van der Waals surface area contributed by atoms with Gasteiger partial charge in [0.05, 0.1) is 17.8 Å². The molecule has 0 saturated heterocycles. The Morgan fingerprint density at radius 3 is 2.68 bits per heavy atom. The van der Waals surface area contributed by atoms with Crippen molar-refractivity contribution in [2.75, 3.05) is 13.6 Å². The molecule has 0 bridgehead atoms. The topological polar surface area (TPSA) is 84.1 Å². The molecule has 0 fully saturated rings. The number of aliphatic hydroxyl groups excluding tert-OH is 1. The smallest absolute Gasteiger partial charge is 0.382 e. The van der Waals surface area contributed by atoms with E-state index in [1.165, 1.54) is 24.1 Å². The van der Waals surface area contributed by atoms with Gasteiger partial charge in [0.25, 0.3) is 5.91 Å². The molecule has 118 valence electrons. The van der Waals surface area contributed by atoms with Crippen molar-refractivity contribution >= 4 is 5.91 Å². The van der Waals surface area contributed by atoms with Crippen LogP contribution in [0.4, 0.5) is 13.2 Å². The van der Waals surface area contributed by atoms with Gasteiger partial charge in [0.1, 0.15) is 6.33 Å².